The average molecular weight is 334 g/mol. The second kappa shape index (κ2) is 6.40. The topological polar surface area (TPSA) is 90.2 Å². The van der Waals surface area contributed by atoms with Gasteiger partial charge in [0, 0.05) is 12.1 Å². The molecular formula is C20H18N2O3. The van der Waals surface area contributed by atoms with E-state index in [1.54, 1.807) is 18.2 Å². The number of aryl methyl sites for hydroxylation is 1. The van der Waals surface area contributed by atoms with E-state index in [4.69, 9.17) is 5.26 Å². The van der Waals surface area contributed by atoms with E-state index in [0.717, 1.165) is 16.7 Å². The first-order valence-corrected chi connectivity index (χ1v) is 8.04. The van der Waals surface area contributed by atoms with E-state index >= 15 is 0 Å². The minimum Gasteiger partial charge on any atom is -0.481 e. The molecule has 1 amide bonds. The standard InChI is InChI=1S/C20H18N2O3/c1-13-6-7-14(12-21)8-17(13)22-18(23)11-20(19(24)25)9-15-4-2-3-5-16(15)10-20/h2-8H,9-11H2,1H3,(H,22,23)(H,24,25). The second-order valence-electron chi connectivity index (χ2n) is 6.57. The predicted molar refractivity (Wildman–Crippen MR) is 93.1 cm³/mol. The highest BCUT2D eigenvalue weighted by Gasteiger charge is 2.45. The smallest absolute Gasteiger partial charge is 0.310 e. The summed E-state index contributed by atoms with van der Waals surface area (Å²) in [4.78, 5) is 24.4. The number of carbonyl (C=O) groups excluding carboxylic acids is 1. The Balaban J connectivity index is 1.80. The zero-order valence-corrected chi connectivity index (χ0v) is 13.9. The van der Waals surface area contributed by atoms with Crippen LogP contribution in [0.25, 0.3) is 0 Å². The monoisotopic (exact) mass is 334 g/mol. The number of nitriles is 1. The van der Waals surface area contributed by atoms with E-state index in [1.165, 1.54) is 0 Å². The van der Waals surface area contributed by atoms with Crippen molar-refractivity contribution < 1.29 is 14.7 Å². The second-order valence-corrected chi connectivity index (χ2v) is 6.57. The van der Waals surface area contributed by atoms with Crippen molar-refractivity contribution in [2.45, 2.75) is 26.2 Å². The maximum Gasteiger partial charge on any atom is 0.310 e. The summed E-state index contributed by atoms with van der Waals surface area (Å²) in [6.45, 7) is 1.83. The third-order valence-corrected chi connectivity index (χ3v) is 4.77. The number of hydrogen-bond acceptors (Lipinski definition) is 3. The summed E-state index contributed by atoms with van der Waals surface area (Å²) in [7, 11) is 0. The summed E-state index contributed by atoms with van der Waals surface area (Å²) in [6.07, 6.45) is 0.597. The lowest BCUT2D eigenvalue weighted by Crippen LogP contribution is -2.36. The number of aliphatic carboxylic acids is 1. The lowest BCUT2D eigenvalue weighted by Gasteiger charge is -2.23. The molecule has 2 aromatic carbocycles. The SMILES string of the molecule is Cc1ccc(C#N)cc1NC(=O)CC1(C(=O)O)Cc2ccccc2C1. The van der Waals surface area contributed by atoms with Gasteiger partial charge in [-0.25, -0.2) is 0 Å². The van der Waals surface area contributed by atoms with Crippen LogP contribution in [-0.2, 0) is 22.4 Å². The van der Waals surface area contributed by atoms with Crippen LogP contribution in [0.4, 0.5) is 5.69 Å². The van der Waals surface area contributed by atoms with E-state index in [-0.39, 0.29) is 12.3 Å². The fraction of sp³-hybridized carbons (Fsp3) is 0.250. The highest BCUT2D eigenvalue weighted by molar-refractivity contribution is 5.95. The summed E-state index contributed by atoms with van der Waals surface area (Å²) in [5, 5.41) is 21.5. The Morgan fingerprint density at radius 2 is 1.84 bits per heavy atom. The molecule has 0 atom stereocenters. The van der Waals surface area contributed by atoms with Gasteiger partial charge in [-0.05, 0) is 48.6 Å². The molecule has 2 aromatic rings. The molecule has 0 fully saturated rings. The number of benzene rings is 2. The first-order chi connectivity index (χ1) is 11.9. The summed E-state index contributed by atoms with van der Waals surface area (Å²) >= 11 is 0. The van der Waals surface area contributed by atoms with Crippen LogP contribution in [0.15, 0.2) is 42.5 Å². The Kier molecular flexibility index (Phi) is 4.28. The lowest BCUT2D eigenvalue weighted by atomic mass is 9.81. The van der Waals surface area contributed by atoms with E-state index in [0.29, 0.717) is 24.1 Å². The lowest BCUT2D eigenvalue weighted by molar-refractivity contribution is -0.150. The van der Waals surface area contributed by atoms with Gasteiger partial charge >= 0.3 is 5.97 Å². The van der Waals surface area contributed by atoms with Gasteiger partial charge in [-0.1, -0.05) is 30.3 Å². The molecule has 126 valence electrons. The van der Waals surface area contributed by atoms with Crippen molar-refractivity contribution in [3.05, 3.63) is 64.7 Å². The number of carbonyl (C=O) groups is 2. The molecule has 5 heteroatoms. The normalized spacial score (nSPS) is 14.4. The third-order valence-electron chi connectivity index (χ3n) is 4.77. The van der Waals surface area contributed by atoms with Crippen LogP contribution in [0.3, 0.4) is 0 Å². The van der Waals surface area contributed by atoms with Gasteiger partial charge in [0.15, 0.2) is 0 Å². The number of rotatable bonds is 4. The van der Waals surface area contributed by atoms with Gasteiger partial charge in [-0.2, -0.15) is 5.26 Å². The zero-order chi connectivity index (χ0) is 18.0. The molecule has 0 saturated heterocycles. The van der Waals surface area contributed by atoms with Gasteiger partial charge < -0.3 is 10.4 Å². The molecule has 1 aliphatic rings. The quantitative estimate of drug-likeness (QED) is 0.899. The number of hydrogen-bond donors (Lipinski definition) is 2. The van der Waals surface area contributed by atoms with E-state index < -0.39 is 11.4 Å². The van der Waals surface area contributed by atoms with Crippen LogP contribution >= 0.6 is 0 Å². The molecule has 3 rings (SSSR count). The number of carboxylic acid groups (broad SMARTS) is 1. The van der Waals surface area contributed by atoms with Crippen LogP contribution in [0.2, 0.25) is 0 Å². The Hall–Kier alpha value is -3.13. The van der Waals surface area contributed by atoms with Gasteiger partial charge in [0.25, 0.3) is 0 Å². The van der Waals surface area contributed by atoms with Crippen molar-refractivity contribution in [1.82, 2.24) is 0 Å². The van der Waals surface area contributed by atoms with E-state index in [1.807, 2.05) is 37.3 Å². The molecule has 0 spiro atoms. The molecule has 0 radical (unpaired) electrons. The largest absolute Gasteiger partial charge is 0.481 e. The Bertz CT molecular complexity index is 871. The number of nitrogens with zero attached hydrogens (tertiary/aromatic N) is 1. The third kappa shape index (κ3) is 3.24. The number of anilines is 1. The van der Waals surface area contributed by atoms with Gasteiger partial charge in [-0.15, -0.1) is 0 Å². The van der Waals surface area contributed by atoms with Gasteiger partial charge in [0.1, 0.15) is 0 Å². The highest BCUT2D eigenvalue weighted by Crippen LogP contribution is 2.40. The van der Waals surface area contributed by atoms with Crippen molar-refractivity contribution in [3.63, 3.8) is 0 Å². The van der Waals surface area contributed by atoms with E-state index in [9.17, 15) is 14.7 Å². The van der Waals surface area contributed by atoms with Crippen molar-refractivity contribution >= 4 is 17.6 Å². The minimum atomic E-state index is -1.12. The predicted octanol–water partition coefficient (Wildman–Crippen LogP) is 3.07. The number of carboxylic acids is 1. The van der Waals surface area contributed by atoms with Gasteiger partial charge in [0.2, 0.25) is 5.91 Å². The summed E-state index contributed by atoms with van der Waals surface area (Å²) in [6, 6.07) is 14.7. The Morgan fingerprint density at radius 1 is 1.20 bits per heavy atom. The fourth-order valence-electron chi connectivity index (χ4n) is 3.37. The van der Waals surface area contributed by atoms with Crippen LogP contribution < -0.4 is 5.32 Å². The van der Waals surface area contributed by atoms with Crippen LogP contribution in [0.5, 0.6) is 0 Å². The molecule has 0 bridgehead atoms. The van der Waals surface area contributed by atoms with Crippen molar-refractivity contribution in [3.8, 4) is 6.07 Å². The number of nitrogens with one attached hydrogen (secondary N) is 1. The molecule has 0 aliphatic heterocycles. The van der Waals surface area contributed by atoms with Crippen molar-refractivity contribution in [1.29, 1.82) is 5.26 Å². The summed E-state index contributed by atoms with van der Waals surface area (Å²) in [5.74, 6) is -1.31. The first kappa shape index (κ1) is 16.7. The first-order valence-electron chi connectivity index (χ1n) is 8.04. The molecule has 2 N–H and O–H groups in total. The van der Waals surface area contributed by atoms with Gasteiger partial charge in [-0.3, -0.25) is 9.59 Å². The molecule has 25 heavy (non-hydrogen) atoms. The zero-order valence-electron chi connectivity index (χ0n) is 13.9. The van der Waals surface area contributed by atoms with Crippen LogP contribution in [0.1, 0.15) is 28.7 Å². The molecule has 5 nitrogen and oxygen atoms in total. The molecular weight excluding hydrogens is 316 g/mol. The molecule has 0 aromatic heterocycles. The minimum absolute atomic E-state index is 0.104. The molecule has 0 unspecified atom stereocenters. The molecule has 0 heterocycles. The van der Waals surface area contributed by atoms with Crippen molar-refractivity contribution in [2.75, 3.05) is 5.32 Å². The Labute approximate surface area is 145 Å². The average Bonchev–Trinajstić information content (AvgIpc) is 2.96. The maximum atomic E-state index is 12.5. The Morgan fingerprint density at radius 3 is 2.40 bits per heavy atom. The highest BCUT2D eigenvalue weighted by atomic mass is 16.4. The van der Waals surface area contributed by atoms with Crippen LogP contribution in [-0.4, -0.2) is 17.0 Å². The van der Waals surface area contributed by atoms with Gasteiger partial charge in [0.05, 0.1) is 17.0 Å². The summed E-state index contributed by atoms with van der Waals surface area (Å²) in [5.41, 5.74) is 2.67. The molecule has 0 saturated carbocycles. The number of fused-ring (bicyclic) bond motifs is 1. The molecule has 1 aliphatic carbocycles. The van der Waals surface area contributed by atoms with Crippen molar-refractivity contribution in [2.24, 2.45) is 5.41 Å². The number of amides is 1. The van der Waals surface area contributed by atoms with Crippen LogP contribution in [0, 0.1) is 23.7 Å². The summed E-state index contributed by atoms with van der Waals surface area (Å²) < 4.78 is 0. The van der Waals surface area contributed by atoms with E-state index in [2.05, 4.69) is 5.32 Å². The maximum absolute atomic E-state index is 12.5. The fourth-order valence-corrected chi connectivity index (χ4v) is 3.37.